The van der Waals surface area contributed by atoms with Crippen molar-refractivity contribution in [3.05, 3.63) is 51.6 Å². The largest absolute Gasteiger partial charge is 0.317 e. The summed E-state index contributed by atoms with van der Waals surface area (Å²) < 4.78 is 1.73. The molecule has 0 amide bonds. The SMILES string of the molecule is Br.CC(=O)c1c(C)c2cnc(Nc3ccc(C4CCNCC4)cn3)nc2n(C2CCCC2)c1=O. The molecule has 34 heavy (non-hydrogen) atoms. The van der Waals surface area contributed by atoms with Crippen LogP contribution in [0.4, 0.5) is 11.8 Å². The molecule has 0 spiro atoms. The number of hydrogen-bond acceptors (Lipinski definition) is 7. The zero-order valence-corrected chi connectivity index (χ0v) is 21.3. The first-order valence-electron chi connectivity index (χ1n) is 11.9. The fourth-order valence-electron chi connectivity index (χ4n) is 5.30. The van der Waals surface area contributed by atoms with E-state index >= 15 is 0 Å². The van der Waals surface area contributed by atoms with Gasteiger partial charge < -0.3 is 10.6 Å². The summed E-state index contributed by atoms with van der Waals surface area (Å²) >= 11 is 0. The predicted molar refractivity (Wildman–Crippen MR) is 139 cm³/mol. The predicted octanol–water partition coefficient (Wildman–Crippen LogP) is 4.60. The second-order valence-electron chi connectivity index (χ2n) is 9.23. The van der Waals surface area contributed by atoms with E-state index in [-0.39, 0.29) is 39.9 Å². The minimum absolute atomic E-state index is 0. The van der Waals surface area contributed by atoms with E-state index in [0.29, 0.717) is 28.9 Å². The van der Waals surface area contributed by atoms with Crippen molar-refractivity contribution >= 4 is 45.6 Å². The van der Waals surface area contributed by atoms with Crippen molar-refractivity contribution in [3.63, 3.8) is 0 Å². The molecular formula is C25H31BrN6O2. The van der Waals surface area contributed by atoms with E-state index in [9.17, 15) is 9.59 Å². The van der Waals surface area contributed by atoms with Gasteiger partial charge in [-0.2, -0.15) is 4.98 Å². The Labute approximate surface area is 209 Å². The zero-order chi connectivity index (χ0) is 22.9. The number of pyridine rings is 2. The van der Waals surface area contributed by atoms with Gasteiger partial charge in [0, 0.05) is 23.8 Å². The maximum atomic E-state index is 13.3. The van der Waals surface area contributed by atoms with Crippen LogP contribution in [0.2, 0.25) is 0 Å². The van der Waals surface area contributed by atoms with Gasteiger partial charge in [0.25, 0.3) is 5.56 Å². The highest BCUT2D eigenvalue weighted by Crippen LogP contribution is 2.32. The molecule has 3 aromatic heterocycles. The number of Topliss-reactive ketones (excluding diaryl/α,β-unsaturated/α-hetero) is 1. The molecule has 0 bridgehead atoms. The highest BCUT2D eigenvalue weighted by atomic mass is 79.9. The molecule has 180 valence electrons. The van der Waals surface area contributed by atoms with E-state index in [0.717, 1.165) is 57.0 Å². The summed E-state index contributed by atoms with van der Waals surface area (Å²) in [5.41, 5.74) is 2.48. The number of carbonyl (C=O) groups excluding carboxylic acids is 1. The van der Waals surface area contributed by atoms with Gasteiger partial charge in [0.1, 0.15) is 11.5 Å². The Morgan fingerprint density at radius 1 is 1.09 bits per heavy atom. The lowest BCUT2D eigenvalue weighted by molar-refractivity contribution is 0.101. The average Bonchev–Trinajstić information content (AvgIpc) is 3.34. The van der Waals surface area contributed by atoms with Crippen molar-refractivity contribution in [1.29, 1.82) is 0 Å². The zero-order valence-electron chi connectivity index (χ0n) is 19.6. The molecule has 2 aliphatic rings. The molecule has 1 saturated heterocycles. The van der Waals surface area contributed by atoms with Gasteiger partial charge in [-0.15, -0.1) is 17.0 Å². The van der Waals surface area contributed by atoms with E-state index in [2.05, 4.69) is 26.7 Å². The number of ketones is 1. The molecule has 1 saturated carbocycles. The third kappa shape index (κ3) is 4.63. The number of anilines is 2. The van der Waals surface area contributed by atoms with Crippen LogP contribution in [-0.4, -0.2) is 38.4 Å². The van der Waals surface area contributed by atoms with Crippen LogP contribution >= 0.6 is 17.0 Å². The van der Waals surface area contributed by atoms with Crippen LogP contribution in [-0.2, 0) is 0 Å². The van der Waals surface area contributed by atoms with Crippen LogP contribution < -0.4 is 16.2 Å². The summed E-state index contributed by atoms with van der Waals surface area (Å²) in [6.07, 6.45) is 9.88. The standard InChI is InChI=1S/C25H30N6O2.BrH/c1-15-20-14-28-25(29-21-8-7-18(13-27-21)17-9-11-26-12-10-17)30-23(20)31(19-5-3-4-6-19)24(33)22(15)16(2)32;/h7-8,13-14,17,19,26H,3-6,9-12H2,1-2H3,(H,27,28,29,30);1H. The summed E-state index contributed by atoms with van der Waals surface area (Å²) in [5.74, 6) is 1.39. The molecule has 5 rings (SSSR count). The van der Waals surface area contributed by atoms with Crippen molar-refractivity contribution in [1.82, 2.24) is 24.8 Å². The van der Waals surface area contributed by atoms with Gasteiger partial charge in [-0.25, -0.2) is 9.97 Å². The van der Waals surface area contributed by atoms with Gasteiger partial charge in [0.2, 0.25) is 5.95 Å². The van der Waals surface area contributed by atoms with Crippen LogP contribution in [0.5, 0.6) is 0 Å². The summed E-state index contributed by atoms with van der Waals surface area (Å²) in [4.78, 5) is 39.4. The lowest BCUT2D eigenvalue weighted by atomic mass is 9.91. The molecule has 0 unspecified atom stereocenters. The first kappa shape index (κ1) is 24.5. The molecule has 2 fully saturated rings. The Kier molecular flexibility index (Phi) is 7.42. The third-order valence-electron chi connectivity index (χ3n) is 7.09. The van der Waals surface area contributed by atoms with E-state index in [1.807, 2.05) is 12.3 Å². The van der Waals surface area contributed by atoms with Crippen molar-refractivity contribution in [2.75, 3.05) is 18.4 Å². The molecule has 1 aliphatic carbocycles. The lowest BCUT2D eigenvalue weighted by Crippen LogP contribution is -2.30. The smallest absolute Gasteiger partial charge is 0.263 e. The molecule has 8 nitrogen and oxygen atoms in total. The summed E-state index contributed by atoms with van der Waals surface area (Å²) in [6, 6.07) is 4.13. The number of aromatic nitrogens is 4. The molecule has 0 aromatic carbocycles. The molecular weight excluding hydrogens is 496 g/mol. The molecule has 4 heterocycles. The van der Waals surface area contributed by atoms with Gasteiger partial charge in [-0.1, -0.05) is 18.9 Å². The fourth-order valence-corrected chi connectivity index (χ4v) is 5.30. The molecule has 9 heteroatoms. The molecule has 2 N–H and O–H groups in total. The second kappa shape index (κ2) is 10.3. The number of rotatable bonds is 5. The molecule has 1 aliphatic heterocycles. The highest BCUT2D eigenvalue weighted by Gasteiger charge is 2.26. The number of carbonyl (C=O) groups is 1. The van der Waals surface area contributed by atoms with Gasteiger partial charge in [-0.3, -0.25) is 14.2 Å². The number of hydrogen-bond donors (Lipinski definition) is 2. The van der Waals surface area contributed by atoms with Crippen molar-refractivity contribution in [2.24, 2.45) is 0 Å². The van der Waals surface area contributed by atoms with Gasteiger partial charge in [0.05, 0.1) is 5.56 Å². The molecule has 0 radical (unpaired) electrons. The summed E-state index contributed by atoms with van der Waals surface area (Å²) in [7, 11) is 0. The number of aryl methyl sites for hydroxylation is 1. The van der Waals surface area contributed by atoms with Crippen LogP contribution in [0.25, 0.3) is 11.0 Å². The fraction of sp³-hybridized carbons (Fsp3) is 0.480. The maximum absolute atomic E-state index is 13.3. The minimum atomic E-state index is -0.242. The van der Waals surface area contributed by atoms with Crippen molar-refractivity contribution in [2.45, 2.75) is 64.3 Å². The van der Waals surface area contributed by atoms with Gasteiger partial charge in [0.15, 0.2) is 5.78 Å². The quantitative estimate of drug-likeness (QED) is 0.468. The Hall–Kier alpha value is -2.65. The highest BCUT2D eigenvalue weighted by molar-refractivity contribution is 8.93. The summed E-state index contributed by atoms with van der Waals surface area (Å²) in [6.45, 7) is 5.34. The average molecular weight is 527 g/mol. The topological polar surface area (TPSA) is 102 Å². The molecule has 0 atom stereocenters. The number of nitrogens with one attached hydrogen (secondary N) is 2. The summed E-state index contributed by atoms with van der Waals surface area (Å²) in [5, 5.41) is 7.33. The van der Waals surface area contributed by atoms with Gasteiger partial charge in [-0.05, 0) is 75.7 Å². The van der Waals surface area contributed by atoms with E-state index in [1.54, 1.807) is 17.7 Å². The van der Waals surface area contributed by atoms with Gasteiger partial charge >= 0.3 is 0 Å². The Morgan fingerprint density at radius 2 is 1.82 bits per heavy atom. The second-order valence-corrected chi connectivity index (χ2v) is 9.23. The maximum Gasteiger partial charge on any atom is 0.263 e. The van der Waals surface area contributed by atoms with Crippen molar-refractivity contribution < 1.29 is 4.79 Å². The van der Waals surface area contributed by atoms with Crippen LogP contribution in [0.1, 0.15) is 78.9 Å². The Balaban J connectivity index is 0.00000274. The first-order valence-corrected chi connectivity index (χ1v) is 11.9. The number of piperidine rings is 1. The lowest BCUT2D eigenvalue weighted by Gasteiger charge is -2.22. The monoisotopic (exact) mass is 526 g/mol. The van der Waals surface area contributed by atoms with Crippen LogP contribution in [0, 0.1) is 6.92 Å². The van der Waals surface area contributed by atoms with Crippen LogP contribution in [0.15, 0.2) is 29.3 Å². The third-order valence-corrected chi connectivity index (χ3v) is 7.09. The van der Waals surface area contributed by atoms with E-state index < -0.39 is 0 Å². The number of nitrogens with zero attached hydrogens (tertiary/aromatic N) is 4. The Morgan fingerprint density at radius 3 is 2.47 bits per heavy atom. The Bertz CT molecular complexity index is 1240. The van der Waals surface area contributed by atoms with E-state index in [1.165, 1.54) is 12.5 Å². The minimum Gasteiger partial charge on any atom is -0.317 e. The van der Waals surface area contributed by atoms with E-state index in [4.69, 9.17) is 4.98 Å². The van der Waals surface area contributed by atoms with Crippen molar-refractivity contribution in [3.8, 4) is 0 Å². The number of fused-ring (bicyclic) bond motifs is 1. The molecule has 3 aromatic rings. The van der Waals surface area contributed by atoms with Crippen LogP contribution in [0.3, 0.4) is 0 Å². The number of halogens is 1. The first-order chi connectivity index (χ1) is 16.0. The normalized spacial score (nSPS) is 17.0.